The van der Waals surface area contributed by atoms with Gasteiger partial charge in [0.25, 0.3) is 0 Å². The number of hydrogen-bond donors (Lipinski definition) is 0. The van der Waals surface area contributed by atoms with Crippen molar-refractivity contribution in [1.29, 1.82) is 0 Å². The third kappa shape index (κ3) is 5.49. The van der Waals surface area contributed by atoms with E-state index >= 15 is 0 Å². The van der Waals surface area contributed by atoms with E-state index in [0.29, 0.717) is 5.92 Å². The van der Waals surface area contributed by atoms with Crippen LogP contribution in [0.15, 0.2) is 29.7 Å². The molecule has 0 amide bonds. The summed E-state index contributed by atoms with van der Waals surface area (Å²) in [5, 5.41) is 4.49. The van der Waals surface area contributed by atoms with Crippen LogP contribution in [0.4, 0.5) is 0 Å². The second kappa shape index (κ2) is 9.54. The molecule has 0 aromatic carbocycles. The molecule has 116 valence electrons. The first-order valence-corrected chi connectivity index (χ1v) is 8.52. The quantitative estimate of drug-likeness (QED) is 0.385. The summed E-state index contributed by atoms with van der Waals surface area (Å²) in [6.45, 7) is 2.96. The molecule has 1 aliphatic carbocycles. The van der Waals surface area contributed by atoms with Crippen LogP contribution in [0.25, 0.3) is 0 Å². The minimum atomic E-state index is 0.540. The number of rotatable bonds is 8. The van der Waals surface area contributed by atoms with Crippen molar-refractivity contribution in [3.63, 3.8) is 0 Å². The summed E-state index contributed by atoms with van der Waals surface area (Å²) >= 11 is 0. The van der Waals surface area contributed by atoms with E-state index in [1.54, 1.807) is 0 Å². The maximum atomic E-state index is 5.61. The highest BCUT2D eigenvalue weighted by Gasteiger charge is 2.21. The van der Waals surface area contributed by atoms with Gasteiger partial charge in [0.1, 0.15) is 6.61 Å². The zero-order valence-electron chi connectivity index (χ0n) is 13.3. The molecule has 0 N–H and O–H groups in total. The first-order valence-electron chi connectivity index (χ1n) is 8.52. The average molecular weight is 288 g/mol. The van der Waals surface area contributed by atoms with Crippen molar-refractivity contribution >= 4 is 5.71 Å². The first-order chi connectivity index (χ1) is 10.4. The molecule has 0 unspecified atom stereocenters. The predicted molar refractivity (Wildman–Crippen MR) is 87.4 cm³/mol. The number of nitrogens with zero attached hydrogens (tertiary/aromatic N) is 2. The Labute approximate surface area is 128 Å². The summed E-state index contributed by atoms with van der Waals surface area (Å²) < 4.78 is 0. The molecule has 21 heavy (non-hydrogen) atoms. The molecule has 1 saturated carbocycles. The molecule has 1 aliphatic rings. The van der Waals surface area contributed by atoms with E-state index in [9.17, 15) is 0 Å². The molecule has 0 spiro atoms. The van der Waals surface area contributed by atoms with Gasteiger partial charge in [-0.2, -0.15) is 0 Å². The van der Waals surface area contributed by atoms with E-state index in [1.165, 1.54) is 51.4 Å². The number of aromatic nitrogens is 1. The molecule has 2 rings (SSSR count). The summed E-state index contributed by atoms with van der Waals surface area (Å²) in [6.07, 6.45) is 15.0. The monoisotopic (exact) mass is 288 g/mol. The second-order valence-electron chi connectivity index (χ2n) is 5.95. The van der Waals surface area contributed by atoms with Gasteiger partial charge in [-0.05, 0) is 37.8 Å². The predicted octanol–water partition coefficient (Wildman–Crippen LogP) is 4.96. The number of oxime groups is 1. The maximum absolute atomic E-state index is 5.61. The van der Waals surface area contributed by atoms with Crippen molar-refractivity contribution in [3.05, 3.63) is 30.1 Å². The summed E-state index contributed by atoms with van der Waals surface area (Å²) in [4.78, 5) is 9.84. The highest BCUT2D eigenvalue weighted by Crippen LogP contribution is 2.27. The summed E-state index contributed by atoms with van der Waals surface area (Å²) in [6, 6.07) is 4.08. The van der Waals surface area contributed by atoms with Gasteiger partial charge in [-0.15, -0.1) is 0 Å². The fourth-order valence-corrected chi connectivity index (χ4v) is 2.96. The van der Waals surface area contributed by atoms with Crippen LogP contribution in [0.3, 0.4) is 0 Å². The van der Waals surface area contributed by atoms with Gasteiger partial charge in [0.15, 0.2) is 0 Å². The highest BCUT2D eigenvalue weighted by molar-refractivity contribution is 6.01. The molecule has 0 bridgehead atoms. The number of hydrogen-bond acceptors (Lipinski definition) is 3. The molecule has 3 nitrogen and oxygen atoms in total. The Bertz CT molecular complexity index is 410. The molecule has 1 fully saturated rings. The third-order valence-electron chi connectivity index (χ3n) is 4.20. The van der Waals surface area contributed by atoms with Crippen LogP contribution < -0.4 is 0 Å². The molecule has 3 heteroatoms. The Morgan fingerprint density at radius 1 is 1.24 bits per heavy atom. The third-order valence-corrected chi connectivity index (χ3v) is 4.20. The van der Waals surface area contributed by atoms with E-state index in [4.69, 9.17) is 4.84 Å². The van der Waals surface area contributed by atoms with E-state index < -0.39 is 0 Å². The van der Waals surface area contributed by atoms with Gasteiger partial charge in [0.2, 0.25) is 0 Å². The molecule has 1 aromatic heterocycles. The Kier molecular flexibility index (Phi) is 7.27. The molecule has 0 saturated heterocycles. The van der Waals surface area contributed by atoms with Gasteiger partial charge in [0, 0.05) is 23.9 Å². The van der Waals surface area contributed by atoms with Gasteiger partial charge in [-0.1, -0.05) is 44.2 Å². The van der Waals surface area contributed by atoms with Crippen LogP contribution in [-0.4, -0.2) is 17.3 Å². The van der Waals surface area contributed by atoms with Crippen LogP contribution >= 0.6 is 0 Å². The van der Waals surface area contributed by atoms with Crippen molar-refractivity contribution < 1.29 is 4.84 Å². The van der Waals surface area contributed by atoms with E-state index in [0.717, 1.165) is 24.3 Å². The Morgan fingerprint density at radius 2 is 2.10 bits per heavy atom. The molecular weight excluding hydrogens is 260 g/mol. The van der Waals surface area contributed by atoms with Gasteiger partial charge >= 0.3 is 0 Å². The van der Waals surface area contributed by atoms with E-state index in [-0.39, 0.29) is 0 Å². The zero-order chi connectivity index (χ0) is 14.8. The molecule has 0 aliphatic heterocycles. The van der Waals surface area contributed by atoms with Crippen LogP contribution in [0.5, 0.6) is 0 Å². The largest absolute Gasteiger partial charge is 0.396 e. The summed E-state index contributed by atoms with van der Waals surface area (Å²) in [5.41, 5.74) is 2.23. The average Bonchev–Trinajstić information content (AvgIpc) is 2.56. The lowest BCUT2D eigenvalue weighted by Gasteiger charge is -2.23. The number of pyridine rings is 1. The van der Waals surface area contributed by atoms with Crippen molar-refractivity contribution in [2.45, 2.75) is 64.7 Å². The Hall–Kier alpha value is -1.38. The fourth-order valence-electron chi connectivity index (χ4n) is 2.96. The molecular formula is C18H28N2O. The minimum absolute atomic E-state index is 0.540. The standard InChI is InChI=1S/C18H28N2O/c1-2-3-4-8-14-21-20-18(16-10-6-5-7-11-16)17-12-9-13-19-15-17/h9,12-13,15-16H,2-8,10-11,14H2,1H3. The lowest BCUT2D eigenvalue weighted by Crippen LogP contribution is -2.19. The Balaban J connectivity index is 1.94. The van der Waals surface area contributed by atoms with Crippen LogP contribution in [-0.2, 0) is 4.84 Å². The normalized spacial score (nSPS) is 16.9. The molecule has 1 heterocycles. The smallest absolute Gasteiger partial charge is 0.117 e. The molecule has 0 radical (unpaired) electrons. The summed E-state index contributed by atoms with van der Waals surface area (Å²) in [7, 11) is 0. The number of unbranched alkanes of at least 4 members (excludes halogenated alkanes) is 3. The first kappa shape index (κ1) is 16.0. The highest BCUT2D eigenvalue weighted by atomic mass is 16.6. The SMILES string of the molecule is CCCCCCON=C(c1cccnc1)C1CCCCC1. The van der Waals surface area contributed by atoms with Gasteiger partial charge in [0.05, 0.1) is 5.71 Å². The van der Waals surface area contributed by atoms with Gasteiger partial charge in [-0.3, -0.25) is 4.98 Å². The fraction of sp³-hybridized carbons (Fsp3) is 0.667. The van der Waals surface area contributed by atoms with Crippen molar-refractivity contribution in [3.8, 4) is 0 Å². The molecule has 1 aromatic rings. The van der Waals surface area contributed by atoms with Crippen LogP contribution in [0.2, 0.25) is 0 Å². The topological polar surface area (TPSA) is 34.5 Å². The van der Waals surface area contributed by atoms with Gasteiger partial charge < -0.3 is 4.84 Å². The maximum Gasteiger partial charge on any atom is 0.117 e. The zero-order valence-corrected chi connectivity index (χ0v) is 13.3. The van der Waals surface area contributed by atoms with Crippen molar-refractivity contribution in [1.82, 2.24) is 4.98 Å². The van der Waals surface area contributed by atoms with Gasteiger partial charge in [-0.25, -0.2) is 0 Å². The van der Waals surface area contributed by atoms with Crippen LogP contribution in [0.1, 0.15) is 70.3 Å². The second-order valence-corrected chi connectivity index (χ2v) is 5.95. The lowest BCUT2D eigenvalue weighted by atomic mass is 9.84. The summed E-state index contributed by atoms with van der Waals surface area (Å²) in [5.74, 6) is 0.540. The van der Waals surface area contributed by atoms with Crippen LogP contribution in [0, 0.1) is 5.92 Å². The van der Waals surface area contributed by atoms with E-state index in [1.807, 2.05) is 18.5 Å². The van der Waals surface area contributed by atoms with Crippen molar-refractivity contribution in [2.75, 3.05) is 6.61 Å². The molecule has 0 atom stereocenters. The van der Waals surface area contributed by atoms with Crippen molar-refractivity contribution in [2.24, 2.45) is 11.1 Å². The van der Waals surface area contributed by atoms with E-state index in [2.05, 4.69) is 23.1 Å². The Morgan fingerprint density at radius 3 is 2.81 bits per heavy atom. The lowest BCUT2D eigenvalue weighted by molar-refractivity contribution is 0.137. The minimum Gasteiger partial charge on any atom is -0.396 e.